The van der Waals surface area contributed by atoms with Gasteiger partial charge in [0.25, 0.3) is 0 Å². The lowest BCUT2D eigenvalue weighted by Gasteiger charge is -2.03. The molecule has 3 rings (SSSR count). The number of aromatic nitrogens is 3. The quantitative estimate of drug-likeness (QED) is 0.659. The summed E-state index contributed by atoms with van der Waals surface area (Å²) in [4.78, 5) is 0. The van der Waals surface area contributed by atoms with Crippen molar-refractivity contribution in [3.63, 3.8) is 0 Å². The van der Waals surface area contributed by atoms with Crippen molar-refractivity contribution in [2.24, 2.45) is 0 Å². The van der Waals surface area contributed by atoms with Crippen LogP contribution in [0.3, 0.4) is 0 Å². The van der Waals surface area contributed by atoms with E-state index in [1.165, 1.54) is 0 Å². The van der Waals surface area contributed by atoms with Gasteiger partial charge in [-0.1, -0.05) is 51.5 Å². The average molecular weight is 379 g/mol. The van der Waals surface area contributed by atoms with Gasteiger partial charge in [-0.3, -0.25) is 0 Å². The molecule has 1 aromatic heterocycles. The largest absolute Gasteiger partial charge is 0.219 e. The molecule has 0 aliphatic carbocycles. The predicted octanol–water partition coefficient (Wildman–Crippen LogP) is 4.46. The molecule has 0 saturated heterocycles. The van der Waals surface area contributed by atoms with Crippen LogP contribution in [0.1, 0.15) is 0 Å². The van der Waals surface area contributed by atoms with E-state index in [1.54, 1.807) is 4.68 Å². The highest BCUT2D eigenvalue weighted by atomic mass is 79.9. The molecule has 0 aliphatic heterocycles. The van der Waals surface area contributed by atoms with Crippen molar-refractivity contribution in [2.75, 3.05) is 0 Å². The van der Waals surface area contributed by atoms with Crippen LogP contribution in [0.4, 0.5) is 0 Å². The first-order chi connectivity index (χ1) is 9.24. The van der Waals surface area contributed by atoms with E-state index in [9.17, 15) is 0 Å². The molecule has 0 amide bonds. The molecule has 0 N–H and O–H groups in total. The first-order valence-corrected chi connectivity index (χ1v) is 7.26. The highest BCUT2D eigenvalue weighted by molar-refractivity contribution is 9.11. The zero-order valence-electron chi connectivity index (χ0n) is 9.79. The molecule has 94 valence electrons. The summed E-state index contributed by atoms with van der Waals surface area (Å²) in [6.07, 6.45) is 1.92. The van der Waals surface area contributed by atoms with Crippen LogP contribution in [0.25, 0.3) is 16.9 Å². The second-order valence-corrected chi connectivity index (χ2v) is 5.78. The standard InChI is InChI=1S/C14H9Br2N3/c15-11-6-7-12(16)14(8-11)19-9-13(17-18-19)10-4-2-1-3-5-10/h1-9H. The molecule has 3 nitrogen and oxygen atoms in total. The number of rotatable bonds is 2. The van der Waals surface area contributed by atoms with Crippen LogP contribution < -0.4 is 0 Å². The molecule has 0 bridgehead atoms. The fourth-order valence-electron chi connectivity index (χ4n) is 1.78. The number of halogens is 2. The average Bonchev–Trinajstić information content (AvgIpc) is 2.92. The maximum atomic E-state index is 4.21. The Hall–Kier alpha value is -1.46. The molecule has 0 aliphatic rings. The molecule has 3 aromatic rings. The Labute approximate surface area is 127 Å². The number of benzene rings is 2. The van der Waals surface area contributed by atoms with E-state index >= 15 is 0 Å². The van der Waals surface area contributed by atoms with Crippen molar-refractivity contribution in [2.45, 2.75) is 0 Å². The maximum absolute atomic E-state index is 4.21. The molecule has 19 heavy (non-hydrogen) atoms. The summed E-state index contributed by atoms with van der Waals surface area (Å²) in [6, 6.07) is 15.9. The molecule has 5 heteroatoms. The number of hydrogen-bond donors (Lipinski definition) is 0. The lowest BCUT2D eigenvalue weighted by Crippen LogP contribution is -1.95. The van der Waals surface area contributed by atoms with Gasteiger partial charge in [0.15, 0.2) is 0 Å². The third kappa shape index (κ3) is 2.62. The number of nitrogens with zero attached hydrogens (tertiary/aromatic N) is 3. The highest BCUT2D eigenvalue weighted by Gasteiger charge is 2.08. The van der Waals surface area contributed by atoms with Gasteiger partial charge in [-0.05, 0) is 34.1 Å². The maximum Gasteiger partial charge on any atom is 0.113 e. The SMILES string of the molecule is Brc1ccc(Br)c(-n2cc(-c3ccccc3)nn2)c1. The first-order valence-electron chi connectivity index (χ1n) is 5.67. The first kappa shape index (κ1) is 12.6. The van der Waals surface area contributed by atoms with E-state index in [1.807, 2.05) is 54.7 Å². The van der Waals surface area contributed by atoms with E-state index in [2.05, 4.69) is 42.2 Å². The highest BCUT2D eigenvalue weighted by Crippen LogP contribution is 2.25. The summed E-state index contributed by atoms with van der Waals surface area (Å²) in [7, 11) is 0. The summed E-state index contributed by atoms with van der Waals surface area (Å²) >= 11 is 6.99. The number of hydrogen-bond acceptors (Lipinski definition) is 2. The molecule has 0 saturated carbocycles. The van der Waals surface area contributed by atoms with Crippen LogP contribution in [0.15, 0.2) is 63.7 Å². The van der Waals surface area contributed by atoms with Crippen LogP contribution in [0.2, 0.25) is 0 Å². The molecule has 0 atom stereocenters. The predicted molar refractivity (Wildman–Crippen MR) is 82.2 cm³/mol. The van der Waals surface area contributed by atoms with Gasteiger partial charge in [0.05, 0.1) is 11.9 Å². The minimum absolute atomic E-state index is 0.854. The Morgan fingerprint density at radius 2 is 1.74 bits per heavy atom. The Bertz CT molecular complexity index is 708. The van der Waals surface area contributed by atoms with Crippen molar-refractivity contribution in [3.8, 4) is 16.9 Å². The zero-order chi connectivity index (χ0) is 13.2. The molecule has 0 fully saturated rings. The van der Waals surface area contributed by atoms with Gasteiger partial charge < -0.3 is 0 Å². The Morgan fingerprint density at radius 3 is 2.53 bits per heavy atom. The van der Waals surface area contributed by atoms with Gasteiger partial charge in [0.2, 0.25) is 0 Å². The van der Waals surface area contributed by atoms with Gasteiger partial charge in [-0.15, -0.1) is 5.10 Å². The van der Waals surface area contributed by atoms with Gasteiger partial charge in [-0.25, -0.2) is 4.68 Å². The fourth-order valence-corrected chi connectivity index (χ4v) is 2.56. The second kappa shape index (κ2) is 5.27. The molecule has 2 aromatic carbocycles. The zero-order valence-corrected chi connectivity index (χ0v) is 13.0. The van der Waals surface area contributed by atoms with Crippen LogP contribution in [-0.4, -0.2) is 15.0 Å². The van der Waals surface area contributed by atoms with Crippen LogP contribution in [0, 0.1) is 0 Å². The molecule has 0 spiro atoms. The topological polar surface area (TPSA) is 30.7 Å². The van der Waals surface area contributed by atoms with E-state index < -0.39 is 0 Å². The van der Waals surface area contributed by atoms with Crippen molar-refractivity contribution in [3.05, 3.63) is 63.7 Å². The normalized spacial score (nSPS) is 10.6. The molecule has 0 radical (unpaired) electrons. The van der Waals surface area contributed by atoms with Crippen molar-refractivity contribution >= 4 is 31.9 Å². The lowest BCUT2D eigenvalue weighted by atomic mass is 10.2. The van der Waals surface area contributed by atoms with Gasteiger partial charge in [0.1, 0.15) is 5.69 Å². The Balaban J connectivity index is 2.04. The minimum atomic E-state index is 0.854. The molecule has 1 heterocycles. The van der Waals surface area contributed by atoms with Crippen molar-refractivity contribution in [1.82, 2.24) is 15.0 Å². The Morgan fingerprint density at radius 1 is 0.947 bits per heavy atom. The third-order valence-electron chi connectivity index (χ3n) is 2.72. The smallest absolute Gasteiger partial charge is 0.113 e. The minimum Gasteiger partial charge on any atom is -0.219 e. The van der Waals surface area contributed by atoms with Gasteiger partial charge in [0, 0.05) is 14.5 Å². The third-order valence-corrected chi connectivity index (χ3v) is 3.88. The second-order valence-electron chi connectivity index (χ2n) is 4.01. The summed E-state index contributed by atoms with van der Waals surface area (Å²) in [5, 5.41) is 8.39. The van der Waals surface area contributed by atoms with E-state index in [0.717, 1.165) is 25.9 Å². The molecular formula is C14H9Br2N3. The van der Waals surface area contributed by atoms with Gasteiger partial charge in [-0.2, -0.15) is 0 Å². The van der Waals surface area contributed by atoms with E-state index in [-0.39, 0.29) is 0 Å². The fraction of sp³-hybridized carbons (Fsp3) is 0. The summed E-state index contributed by atoms with van der Waals surface area (Å²) in [6.45, 7) is 0. The summed E-state index contributed by atoms with van der Waals surface area (Å²) in [5.41, 5.74) is 2.86. The van der Waals surface area contributed by atoms with Crippen LogP contribution in [0.5, 0.6) is 0 Å². The summed E-state index contributed by atoms with van der Waals surface area (Å²) in [5.74, 6) is 0. The van der Waals surface area contributed by atoms with Crippen molar-refractivity contribution < 1.29 is 0 Å². The van der Waals surface area contributed by atoms with Gasteiger partial charge >= 0.3 is 0 Å². The van der Waals surface area contributed by atoms with E-state index in [4.69, 9.17) is 0 Å². The molecular weight excluding hydrogens is 370 g/mol. The van der Waals surface area contributed by atoms with Crippen LogP contribution in [-0.2, 0) is 0 Å². The van der Waals surface area contributed by atoms with E-state index in [0.29, 0.717) is 0 Å². The summed E-state index contributed by atoms with van der Waals surface area (Å²) < 4.78 is 3.74. The monoisotopic (exact) mass is 377 g/mol. The van der Waals surface area contributed by atoms with Crippen molar-refractivity contribution in [1.29, 1.82) is 0 Å². The lowest BCUT2D eigenvalue weighted by molar-refractivity contribution is 0.800. The Kier molecular flexibility index (Phi) is 3.48. The van der Waals surface area contributed by atoms with Crippen LogP contribution >= 0.6 is 31.9 Å². The molecule has 0 unspecified atom stereocenters.